The number of nitrogens with one attached hydrogen (secondary N) is 1. The van der Waals surface area contributed by atoms with Gasteiger partial charge in [0.1, 0.15) is 0 Å². The summed E-state index contributed by atoms with van der Waals surface area (Å²) in [5, 5.41) is 0. The van der Waals surface area contributed by atoms with Gasteiger partial charge in [0.25, 0.3) is 0 Å². The number of hydrogen-bond acceptors (Lipinski definition) is 3. The van der Waals surface area contributed by atoms with Crippen molar-refractivity contribution < 1.29 is 0 Å². The molecule has 1 aromatic rings. The molecule has 1 aliphatic carbocycles. The van der Waals surface area contributed by atoms with E-state index in [1.807, 2.05) is 12.3 Å². The Labute approximate surface area is 110 Å². The Hall–Kier alpha value is -0.930. The van der Waals surface area contributed by atoms with Crippen molar-refractivity contribution in [2.24, 2.45) is 17.7 Å². The van der Waals surface area contributed by atoms with E-state index in [0.717, 1.165) is 11.6 Å². The van der Waals surface area contributed by atoms with Crippen LogP contribution < -0.4 is 11.3 Å². The van der Waals surface area contributed by atoms with Gasteiger partial charge in [0, 0.05) is 6.20 Å². The van der Waals surface area contributed by atoms with Gasteiger partial charge in [-0.1, -0.05) is 38.7 Å². The first kappa shape index (κ1) is 13.5. The highest BCUT2D eigenvalue weighted by molar-refractivity contribution is 5.22. The molecule has 3 atom stereocenters. The maximum absolute atomic E-state index is 5.83. The van der Waals surface area contributed by atoms with E-state index in [9.17, 15) is 0 Å². The fourth-order valence-electron chi connectivity index (χ4n) is 3.41. The smallest absolute Gasteiger partial charge is 0.0665 e. The van der Waals surface area contributed by atoms with Crippen molar-refractivity contribution in [2.75, 3.05) is 0 Å². The van der Waals surface area contributed by atoms with Gasteiger partial charge in [0.05, 0.1) is 11.7 Å². The molecule has 1 aliphatic rings. The standard InChI is InChI=1S/C15H25N3/c1-3-12-8-4-5-9-13(12)15(18-16)14-11(2)7-6-10-17-14/h6-7,10,12-13,15,18H,3-5,8-9,16H2,1-2H3. The fourth-order valence-corrected chi connectivity index (χ4v) is 3.41. The highest BCUT2D eigenvalue weighted by Gasteiger charge is 2.32. The molecule has 3 heteroatoms. The highest BCUT2D eigenvalue weighted by atomic mass is 15.2. The van der Waals surface area contributed by atoms with E-state index < -0.39 is 0 Å². The molecule has 3 nitrogen and oxygen atoms in total. The Balaban J connectivity index is 2.24. The van der Waals surface area contributed by atoms with Gasteiger partial charge in [-0.05, 0) is 36.8 Å². The number of hydrazine groups is 1. The first-order chi connectivity index (χ1) is 8.77. The van der Waals surface area contributed by atoms with E-state index in [1.165, 1.54) is 37.7 Å². The number of pyridine rings is 1. The summed E-state index contributed by atoms with van der Waals surface area (Å²) >= 11 is 0. The average molecular weight is 247 g/mol. The van der Waals surface area contributed by atoms with Gasteiger partial charge in [-0.3, -0.25) is 16.3 Å². The van der Waals surface area contributed by atoms with Crippen molar-refractivity contribution in [1.29, 1.82) is 0 Å². The zero-order valence-electron chi connectivity index (χ0n) is 11.5. The number of hydrogen-bond donors (Lipinski definition) is 2. The minimum atomic E-state index is 0.205. The second-order valence-electron chi connectivity index (χ2n) is 5.47. The van der Waals surface area contributed by atoms with Gasteiger partial charge in [0.2, 0.25) is 0 Å². The number of nitrogens with zero attached hydrogens (tertiary/aromatic N) is 1. The van der Waals surface area contributed by atoms with Crippen LogP contribution in [0.1, 0.15) is 56.3 Å². The summed E-state index contributed by atoms with van der Waals surface area (Å²) in [5.41, 5.74) is 5.40. The molecule has 2 rings (SSSR count). The molecule has 0 spiro atoms. The first-order valence-electron chi connectivity index (χ1n) is 7.15. The Morgan fingerprint density at radius 2 is 2.22 bits per heavy atom. The number of rotatable bonds is 4. The average Bonchev–Trinajstić information content (AvgIpc) is 2.42. The van der Waals surface area contributed by atoms with Crippen LogP contribution in [0.5, 0.6) is 0 Å². The van der Waals surface area contributed by atoms with Crippen molar-refractivity contribution in [3.05, 3.63) is 29.6 Å². The largest absolute Gasteiger partial charge is 0.271 e. The summed E-state index contributed by atoms with van der Waals surface area (Å²) in [7, 11) is 0. The maximum atomic E-state index is 5.83. The number of nitrogens with two attached hydrogens (primary N) is 1. The Kier molecular flexibility index (Phi) is 4.72. The number of aryl methyl sites for hydroxylation is 1. The fraction of sp³-hybridized carbons (Fsp3) is 0.667. The second-order valence-corrected chi connectivity index (χ2v) is 5.47. The van der Waals surface area contributed by atoms with Crippen LogP contribution in [0.25, 0.3) is 0 Å². The molecule has 0 bridgehead atoms. The van der Waals surface area contributed by atoms with Crippen LogP contribution in [0.4, 0.5) is 0 Å². The zero-order chi connectivity index (χ0) is 13.0. The third kappa shape index (κ3) is 2.73. The van der Waals surface area contributed by atoms with E-state index in [2.05, 4.69) is 30.3 Å². The molecule has 0 radical (unpaired) electrons. The molecule has 100 valence electrons. The van der Waals surface area contributed by atoms with Crippen molar-refractivity contribution in [1.82, 2.24) is 10.4 Å². The van der Waals surface area contributed by atoms with Crippen molar-refractivity contribution in [3.63, 3.8) is 0 Å². The lowest BCUT2D eigenvalue weighted by Crippen LogP contribution is -2.39. The summed E-state index contributed by atoms with van der Waals surface area (Å²) in [6.45, 7) is 4.41. The van der Waals surface area contributed by atoms with E-state index in [-0.39, 0.29) is 6.04 Å². The quantitative estimate of drug-likeness (QED) is 0.635. The summed E-state index contributed by atoms with van der Waals surface area (Å²) in [6.07, 6.45) is 8.42. The Bertz CT molecular complexity index is 378. The normalized spacial score (nSPS) is 25.9. The van der Waals surface area contributed by atoms with E-state index in [1.54, 1.807) is 0 Å². The maximum Gasteiger partial charge on any atom is 0.0665 e. The van der Waals surface area contributed by atoms with Crippen molar-refractivity contribution in [2.45, 2.75) is 52.0 Å². The van der Waals surface area contributed by atoms with Crippen LogP contribution in [-0.4, -0.2) is 4.98 Å². The lowest BCUT2D eigenvalue weighted by molar-refractivity contribution is 0.173. The summed E-state index contributed by atoms with van der Waals surface area (Å²) in [6, 6.07) is 4.32. The monoisotopic (exact) mass is 247 g/mol. The molecule has 1 fully saturated rings. The minimum Gasteiger partial charge on any atom is -0.271 e. The predicted molar refractivity (Wildman–Crippen MR) is 74.8 cm³/mol. The SMILES string of the molecule is CCC1CCCCC1C(NN)c1ncccc1C. The summed E-state index contributed by atoms with van der Waals surface area (Å²) in [5.74, 6) is 7.24. The Morgan fingerprint density at radius 3 is 2.89 bits per heavy atom. The predicted octanol–water partition coefficient (Wildman–Crippen LogP) is 3.11. The third-order valence-corrected chi connectivity index (χ3v) is 4.44. The van der Waals surface area contributed by atoms with Gasteiger partial charge in [-0.25, -0.2) is 0 Å². The van der Waals surface area contributed by atoms with Crippen LogP contribution in [-0.2, 0) is 0 Å². The highest BCUT2D eigenvalue weighted by Crippen LogP contribution is 2.40. The van der Waals surface area contributed by atoms with Gasteiger partial charge >= 0.3 is 0 Å². The molecule has 0 aliphatic heterocycles. The summed E-state index contributed by atoms with van der Waals surface area (Å²) < 4.78 is 0. The van der Waals surface area contributed by atoms with Gasteiger partial charge in [-0.2, -0.15) is 0 Å². The minimum absolute atomic E-state index is 0.205. The van der Waals surface area contributed by atoms with Crippen LogP contribution in [0, 0.1) is 18.8 Å². The van der Waals surface area contributed by atoms with E-state index in [4.69, 9.17) is 5.84 Å². The second kappa shape index (κ2) is 6.30. The molecule has 0 saturated heterocycles. The van der Waals surface area contributed by atoms with Gasteiger partial charge in [0.15, 0.2) is 0 Å². The molecule has 0 aromatic carbocycles. The lowest BCUT2D eigenvalue weighted by Gasteiger charge is -2.36. The van der Waals surface area contributed by atoms with Crippen molar-refractivity contribution in [3.8, 4) is 0 Å². The van der Waals surface area contributed by atoms with Crippen LogP contribution in [0.15, 0.2) is 18.3 Å². The molecule has 0 amide bonds. The van der Waals surface area contributed by atoms with Gasteiger partial charge in [-0.15, -0.1) is 0 Å². The molecule has 1 aromatic heterocycles. The molecular formula is C15H25N3. The van der Waals surface area contributed by atoms with Crippen LogP contribution in [0.2, 0.25) is 0 Å². The lowest BCUT2D eigenvalue weighted by atomic mass is 9.73. The molecule has 1 saturated carbocycles. The molecular weight excluding hydrogens is 222 g/mol. The third-order valence-electron chi connectivity index (χ3n) is 4.44. The van der Waals surface area contributed by atoms with Gasteiger partial charge < -0.3 is 0 Å². The van der Waals surface area contributed by atoms with Crippen LogP contribution in [0.3, 0.4) is 0 Å². The molecule has 1 heterocycles. The Morgan fingerprint density at radius 1 is 1.44 bits per heavy atom. The molecule has 3 unspecified atom stereocenters. The zero-order valence-corrected chi connectivity index (χ0v) is 11.5. The van der Waals surface area contributed by atoms with Crippen LogP contribution >= 0.6 is 0 Å². The molecule has 3 N–H and O–H groups in total. The summed E-state index contributed by atoms with van der Waals surface area (Å²) in [4.78, 5) is 4.55. The first-order valence-corrected chi connectivity index (χ1v) is 7.15. The topological polar surface area (TPSA) is 50.9 Å². The molecule has 18 heavy (non-hydrogen) atoms. The van der Waals surface area contributed by atoms with Crippen molar-refractivity contribution >= 4 is 0 Å². The van der Waals surface area contributed by atoms with E-state index >= 15 is 0 Å². The van der Waals surface area contributed by atoms with E-state index in [0.29, 0.717) is 5.92 Å². The number of aromatic nitrogens is 1.